The molecule has 2 aliphatic rings. The quantitative estimate of drug-likeness (QED) is 0.922. The van der Waals surface area contributed by atoms with E-state index in [0.717, 1.165) is 51.1 Å². The summed E-state index contributed by atoms with van der Waals surface area (Å²) >= 11 is 0. The third kappa shape index (κ3) is 3.82. The number of hydrogen-bond donors (Lipinski definition) is 1. The van der Waals surface area contributed by atoms with Gasteiger partial charge in [0, 0.05) is 36.8 Å². The molecule has 0 aliphatic carbocycles. The van der Waals surface area contributed by atoms with E-state index in [-0.39, 0.29) is 0 Å². The highest BCUT2D eigenvalue weighted by Crippen LogP contribution is 2.23. The van der Waals surface area contributed by atoms with E-state index in [4.69, 9.17) is 4.98 Å². The van der Waals surface area contributed by atoms with Crippen molar-refractivity contribution in [3.05, 3.63) is 29.6 Å². The summed E-state index contributed by atoms with van der Waals surface area (Å²) in [7, 11) is 0. The van der Waals surface area contributed by atoms with Gasteiger partial charge in [-0.25, -0.2) is 0 Å². The largest absolute Gasteiger partial charge is 0.343 e. The van der Waals surface area contributed by atoms with E-state index < -0.39 is 0 Å². The Morgan fingerprint density at radius 1 is 1.24 bits per heavy atom. The Morgan fingerprint density at radius 3 is 2.76 bits per heavy atom. The predicted molar refractivity (Wildman–Crippen MR) is 83.2 cm³/mol. The minimum atomic E-state index is 0.293. The molecule has 0 aromatic carbocycles. The molecule has 4 nitrogen and oxygen atoms in total. The number of carbonyl (C=O) groups is 1. The van der Waals surface area contributed by atoms with Crippen molar-refractivity contribution in [1.82, 2.24) is 15.2 Å². The van der Waals surface area contributed by atoms with Crippen molar-refractivity contribution in [3.8, 4) is 0 Å². The molecule has 0 radical (unpaired) electrons. The molecule has 1 amide bonds. The fourth-order valence-electron chi connectivity index (χ4n) is 3.34. The van der Waals surface area contributed by atoms with Crippen LogP contribution in [-0.4, -0.2) is 42.0 Å². The predicted octanol–water partition coefficient (Wildman–Crippen LogP) is 2.10. The summed E-state index contributed by atoms with van der Waals surface area (Å²) in [6.45, 7) is 4.07. The van der Waals surface area contributed by atoms with Crippen LogP contribution in [0.25, 0.3) is 0 Å². The number of piperidine rings is 1. The minimum Gasteiger partial charge on any atom is -0.343 e. The molecule has 4 heteroatoms. The zero-order valence-corrected chi connectivity index (χ0v) is 12.7. The van der Waals surface area contributed by atoms with E-state index in [2.05, 4.69) is 23.5 Å². The average molecular weight is 287 g/mol. The van der Waals surface area contributed by atoms with Gasteiger partial charge in [-0.15, -0.1) is 0 Å². The van der Waals surface area contributed by atoms with Gasteiger partial charge in [0.25, 0.3) is 0 Å². The zero-order valence-electron chi connectivity index (χ0n) is 12.7. The molecular formula is C17H25N3O. The van der Waals surface area contributed by atoms with Crippen LogP contribution in [0.4, 0.5) is 0 Å². The first-order chi connectivity index (χ1) is 10.3. The number of nitrogens with one attached hydrogen (secondary N) is 1. The molecule has 1 N–H and O–H groups in total. The minimum absolute atomic E-state index is 0.293. The number of aryl methyl sites for hydroxylation is 1. The first kappa shape index (κ1) is 14.5. The number of nitrogens with zero attached hydrogens (tertiary/aromatic N) is 2. The summed E-state index contributed by atoms with van der Waals surface area (Å²) in [6.07, 6.45) is 6.04. The van der Waals surface area contributed by atoms with E-state index in [9.17, 15) is 4.79 Å². The van der Waals surface area contributed by atoms with E-state index in [1.54, 1.807) is 0 Å². The smallest absolute Gasteiger partial charge is 0.222 e. The molecule has 2 fully saturated rings. The van der Waals surface area contributed by atoms with Crippen LogP contribution in [0, 0.1) is 0 Å². The second kappa shape index (κ2) is 7.03. The van der Waals surface area contributed by atoms with Gasteiger partial charge < -0.3 is 10.2 Å². The van der Waals surface area contributed by atoms with Crippen LogP contribution in [-0.2, 0) is 11.2 Å². The molecule has 0 unspecified atom stereocenters. The van der Waals surface area contributed by atoms with Crippen molar-refractivity contribution in [1.29, 1.82) is 0 Å². The Kier molecular flexibility index (Phi) is 4.86. The Morgan fingerprint density at radius 2 is 2.00 bits per heavy atom. The van der Waals surface area contributed by atoms with E-state index in [1.165, 1.54) is 18.5 Å². The Bertz CT molecular complexity index is 477. The van der Waals surface area contributed by atoms with E-state index in [0.29, 0.717) is 18.2 Å². The van der Waals surface area contributed by atoms with Gasteiger partial charge in [-0.1, -0.05) is 6.07 Å². The monoisotopic (exact) mass is 287 g/mol. The van der Waals surface area contributed by atoms with Crippen molar-refractivity contribution in [2.75, 3.05) is 26.2 Å². The molecule has 0 spiro atoms. The van der Waals surface area contributed by atoms with Crippen LogP contribution < -0.4 is 5.32 Å². The molecule has 114 valence electrons. The zero-order chi connectivity index (χ0) is 14.5. The average Bonchev–Trinajstić information content (AvgIpc) is 3.08. The van der Waals surface area contributed by atoms with Gasteiger partial charge in [-0.2, -0.15) is 0 Å². The highest BCUT2D eigenvalue weighted by molar-refractivity contribution is 5.76. The maximum Gasteiger partial charge on any atom is 0.222 e. The van der Waals surface area contributed by atoms with Gasteiger partial charge in [0.2, 0.25) is 5.91 Å². The SMILES string of the molecule is O=C(CCc1cccc(C2CCNCC2)n1)N1CCCC1. The van der Waals surface area contributed by atoms with Gasteiger partial charge >= 0.3 is 0 Å². The summed E-state index contributed by atoms with van der Waals surface area (Å²) in [4.78, 5) is 18.9. The number of carbonyl (C=O) groups excluding carboxylic acids is 1. The van der Waals surface area contributed by atoms with Crippen molar-refractivity contribution in [2.45, 2.75) is 44.4 Å². The first-order valence-electron chi connectivity index (χ1n) is 8.27. The summed E-state index contributed by atoms with van der Waals surface area (Å²) in [6, 6.07) is 6.30. The highest BCUT2D eigenvalue weighted by Gasteiger charge is 2.19. The molecule has 1 aromatic rings. The molecule has 2 aliphatic heterocycles. The Hall–Kier alpha value is -1.42. The topological polar surface area (TPSA) is 45.2 Å². The van der Waals surface area contributed by atoms with Gasteiger partial charge in [-0.3, -0.25) is 9.78 Å². The number of aromatic nitrogens is 1. The third-order valence-electron chi connectivity index (χ3n) is 4.64. The van der Waals surface area contributed by atoms with Gasteiger partial charge in [0.1, 0.15) is 0 Å². The normalized spacial score (nSPS) is 19.9. The van der Waals surface area contributed by atoms with Crippen LogP contribution in [0.3, 0.4) is 0 Å². The molecule has 0 bridgehead atoms. The van der Waals surface area contributed by atoms with Crippen LogP contribution in [0.1, 0.15) is 49.4 Å². The van der Waals surface area contributed by atoms with Crippen LogP contribution in [0.5, 0.6) is 0 Å². The molecule has 0 atom stereocenters. The Labute approximate surface area is 126 Å². The van der Waals surface area contributed by atoms with Crippen molar-refractivity contribution in [2.24, 2.45) is 0 Å². The molecule has 0 saturated carbocycles. The number of rotatable bonds is 4. The van der Waals surface area contributed by atoms with Crippen LogP contribution in [0.2, 0.25) is 0 Å². The lowest BCUT2D eigenvalue weighted by Gasteiger charge is -2.22. The summed E-state index contributed by atoms with van der Waals surface area (Å²) in [5.74, 6) is 0.877. The third-order valence-corrected chi connectivity index (χ3v) is 4.64. The molecular weight excluding hydrogens is 262 g/mol. The summed E-state index contributed by atoms with van der Waals surface area (Å²) in [5, 5.41) is 3.39. The number of pyridine rings is 1. The van der Waals surface area contributed by atoms with Gasteiger partial charge in [0.05, 0.1) is 0 Å². The second-order valence-corrected chi connectivity index (χ2v) is 6.17. The Balaban J connectivity index is 1.56. The fourth-order valence-corrected chi connectivity index (χ4v) is 3.34. The summed E-state index contributed by atoms with van der Waals surface area (Å²) < 4.78 is 0. The van der Waals surface area contributed by atoms with Gasteiger partial charge in [0.15, 0.2) is 0 Å². The van der Waals surface area contributed by atoms with Crippen LogP contribution in [0.15, 0.2) is 18.2 Å². The van der Waals surface area contributed by atoms with Gasteiger partial charge in [-0.05, 0) is 57.3 Å². The van der Waals surface area contributed by atoms with Crippen molar-refractivity contribution >= 4 is 5.91 Å². The second-order valence-electron chi connectivity index (χ2n) is 6.17. The number of amides is 1. The van der Waals surface area contributed by atoms with Crippen LogP contribution >= 0.6 is 0 Å². The summed E-state index contributed by atoms with van der Waals surface area (Å²) in [5.41, 5.74) is 2.28. The molecule has 3 heterocycles. The lowest BCUT2D eigenvalue weighted by Crippen LogP contribution is -2.28. The molecule has 3 rings (SSSR count). The van der Waals surface area contributed by atoms with E-state index in [1.807, 2.05) is 4.90 Å². The fraction of sp³-hybridized carbons (Fsp3) is 0.647. The highest BCUT2D eigenvalue weighted by atomic mass is 16.2. The first-order valence-corrected chi connectivity index (χ1v) is 8.27. The standard InChI is InChI=1S/C17H25N3O/c21-17(20-12-1-2-13-20)7-6-15-4-3-5-16(19-15)14-8-10-18-11-9-14/h3-5,14,18H,1-2,6-13H2. The van der Waals surface area contributed by atoms with E-state index >= 15 is 0 Å². The molecule has 21 heavy (non-hydrogen) atoms. The van der Waals surface area contributed by atoms with Crippen molar-refractivity contribution < 1.29 is 4.79 Å². The van der Waals surface area contributed by atoms with Crippen molar-refractivity contribution in [3.63, 3.8) is 0 Å². The number of likely N-dealkylation sites (tertiary alicyclic amines) is 1. The molecule has 2 saturated heterocycles. The lowest BCUT2D eigenvalue weighted by molar-refractivity contribution is -0.130. The molecule has 1 aromatic heterocycles. The lowest BCUT2D eigenvalue weighted by atomic mass is 9.94. The maximum atomic E-state index is 12.1. The maximum absolute atomic E-state index is 12.1. The number of hydrogen-bond acceptors (Lipinski definition) is 3.